The van der Waals surface area contributed by atoms with Crippen molar-refractivity contribution in [3.63, 3.8) is 0 Å². The lowest BCUT2D eigenvalue weighted by Gasteiger charge is -2.30. The lowest BCUT2D eigenvalue weighted by Crippen LogP contribution is -2.36. The van der Waals surface area contributed by atoms with E-state index < -0.39 is 6.36 Å². The summed E-state index contributed by atoms with van der Waals surface area (Å²) in [5.41, 5.74) is 3.17. The average molecular weight is 520 g/mol. The Hall–Kier alpha value is -2.58. The first-order valence-corrected chi connectivity index (χ1v) is 13.0. The monoisotopic (exact) mass is 519 g/mol. The second kappa shape index (κ2) is 11.9. The van der Waals surface area contributed by atoms with Crippen LogP contribution >= 0.6 is 0 Å². The molecule has 1 aliphatic heterocycles. The number of halogens is 3. The van der Waals surface area contributed by atoms with Crippen molar-refractivity contribution in [1.29, 1.82) is 0 Å². The van der Waals surface area contributed by atoms with Crippen LogP contribution in [0.3, 0.4) is 0 Å². The van der Waals surface area contributed by atoms with Crippen LogP contribution in [0.4, 0.5) is 13.2 Å². The quantitative estimate of drug-likeness (QED) is 0.386. The fourth-order valence-electron chi connectivity index (χ4n) is 4.96. The lowest BCUT2D eigenvalue weighted by molar-refractivity contribution is -0.274. The topological polar surface area (TPSA) is 36.0 Å². The van der Waals surface area contributed by atoms with Gasteiger partial charge in [0, 0.05) is 13.1 Å². The molecule has 8 heteroatoms. The predicted octanol–water partition coefficient (Wildman–Crippen LogP) is 6.00. The molecular weight excluding hydrogens is 479 g/mol. The summed E-state index contributed by atoms with van der Waals surface area (Å²) in [4.78, 5) is 20.1. The van der Waals surface area contributed by atoms with Crippen molar-refractivity contribution < 1.29 is 22.7 Å². The summed E-state index contributed by atoms with van der Waals surface area (Å²) in [5.74, 6) is -0.155. The van der Waals surface area contributed by atoms with E-state index in [1.54, 1.807) is 12.1 Å². The third kappa shape index (κ3) is 7.48. The van der Waals surface area contributed by atoms with Gasteiger partial charge in [-0.1, -0.05) is 71.0 Å². The zero-order chi connectivity index (χ0) is 27.4. The number of hydrogen-bond donors (Lipinski definition) is 0. The fraction of sp³-hybridized carbons (Fsp3) is 0.552. The Morgan fingerprint density at radius 1 is 0.946 bits per heavy atom. The highest BCUT2D eigenvalue weighted by molar-refractivity contribution is 5.84. The molecule has 0 bridgehead atoms. The van der Waals surface area contributed by atoms with Gasteiger partial charge >= 0.3 is 6.36 Å². The van der Waals surface area contributed by atoms with E-state index in [1.807, 2.05) is 11.9 Å². The van der Waals surface area contributed by atoms with E-state index in [1.165, 1.54) is 17.7 Å². The van der Waals surface area contributed by atoms with Gasteiger partial charge in [0.2, 0.25) is 5.91 Å². The molecular formula is C29H40F3N3O2. The Bertz CT molecular complexity index is 1010. The summed E-state index contributed by atoms with van der Waals surface area (Å²) in [6.07, 6.45) is -3.64. The molecule has 1 aliphatic rings. The molecule has 0 N–H and O–H groups in total. The molecule has 0 aliphatic carbocycles. The third-order valence-electron chi connectivity index (χ3n) is 7.23. The van der Waals surface area contributed by atoms with Gasteiger partial charge < -0.3 is 14.5 Å². The Labute approximate surface area is 219 Å². The maximum absolute atomic E-state index is 13.7. The van der Waals surface area contributed by atoms with E-state index in [0.29, 0.717) is 13.0 Å². The number of nitrogens with zero attached hydrogens (tertiary/aromatic N) is 3. The lowest BCUT2D eigenvalue weighted by atomic mass is 9.86. The van der Waals surface area contributed by atoms with Crippen LogP contribution in [-0.2, 0) is 16.6 Å². The van der Waals surface area contributed by atoms with Gasteiger partial charge in [-0.05, 0) is 67.2 Å². The van der Waals surface area contributed by atoms with E-state index in [2.05, 4.69) is 73.4 Å². The molecule has 3 rings (SSSR count). The molecule has 2 aromatic carbocycles. The van der Waals surface area contributed by atoms with Gasteiger partial charge in [0.15, 0.2) is 0 Å². The van der Waals surface area contributed by atoms with Crippen molar-refractivity contribution in [1.82, 2.24) is 14.7 Å². The number of carbonyl (C=O) groups is 1. The van der Waals surface area contributed by atoms with E-state index in [0.717, 1.165) is 37.2 Å². The minimum absolute atomic E-state index is 0.0317. The summed E-state index contributed by atoms with van der Waals surface area (Å²) in [7, 11) is 2.01. The molecule has 5 nitrogen and oxygen atoms in total. The maximum atomic E-state index is 13.7. The second-order valence-corrected chi connectivity index (χ2v) is 10.7. The van der Waals surface area contributed by atoms with Crippen molar-refractivity contribution in [2.75, 3.05) is 33.2 Å². The molecule has 0 spiro atoms. The van der Waals surface area contributed by atoms with Gasteiger partial charge in [-0.15, -0.1) is 13.2 Å². The zero-order valence-electron chi connectivity index (χ0n) is 22.8. The number of ether oxygens (including phenoxy) is 1. The Morgan fingerprint density at radius 2 is 1.54 bits per heavy atom. The molecule has 1 amide bonds. The molecule has 1 heterocycles. The zero-order valence-corrected chi connectivity index (χ0v) is 22.8. The first-order chi connectivity index (χ1) is 17.3. The minimum atomic E-state index is -4.72. The highest BCUT2D eigenvalue weighted by Gasteiger charge is 2.44. The summed E-state index contributed by atoms with van der Waals surface area (Å²) in [6.45, 7) is 14.0. The standard InChI is InChI=1S/C29H40F3N3O2/c1-7-34(8-2)19-18-25-27(36)35(20-17-21-9-15-24(16-10-21)37-29(30,31)32)26(33(25)6)22-11-13-23(14-12-22)28(3,4)5/h9-16,25-26H,7-8,17-20H2,1-6H3. The Kier molecular flexibility index (Phi) is 9.29. The van der Waals surface area contributed by atoms with Gasteiger partial charge in [0.25, 0.3) is 0 Å². The van der Waals surface area contributed by atoms with E-state index in [9.17, 15) is 18.0 Å². The molecule has 2 aromatic rings. The number of rotatable bonds is 10. The van der Waals surface area contributed by atoms with Crippen LogP contribution in [0, 0.1) is 0 Å². The first-order valence-electron chi connectivity index (χ1n) is 13.0. The predicted molar refractivity (Wildman–Crippen MR) is 140 cm³/mol. The molecule has 0 saturated carbocycles. The number of hydrogen-bond acceptors (Lipinski definition) is 4. The molecule has 37 heavy (non-hydrogen) atoms. The summed E-state index contributed by atoms with van der Waals surface area (Å²) in [5, 5.41) is 0. The van der Waals surface area contributed by atoms with Crippen molar-refractivity contribution in [2.45, 2.75) is 71.4 Å². The van der Waals surface area contributed by atoms with Crippen molar-refractivity contribution in [3.05, 3.63) is 65.2 Å². The van der Waals surface area contributed by atoms with E-state index in [-0.39, 0.29) is 29.3 Å². The smallest absolute Gasteiger partial charge is 0.406 e. The van der Waals surface area contributed by atoms with Crippen LogP contribution in [0.5, 0.6) is 5.75 Å². The normalized spacial score (nSPS) is 19.2. The van der Waals surface area contributed by atoms with Gasteiger partial charge in [0.05, 0.1) is 6.04 Å². The van der Waals surface area contributed by atoms with Crippen LogP contribution in [0.15, 0.2) is 48.5 Å². The fourth-order valence-corrected chi connectivity index (χ4v) is 4.96. The van der Waals surface area contributed by atoms with Gasteiger partial charge in [-0.2, -0.15) is 0 Å². The van der Waals surface area contributed by atoms with Gasteiger partial charge in [0.1, 0.15) is 11.9 Å². The summed E-state index contributed by atoms with van der Waals surface area (Å²) >= 11 is 0. The second-order valence-electron chi connectivity index (χ2n) is 10.7. The maximum Gasteiger partial charge on any atom is 0.573 e. The largest absolute Gasteiger partial charge is 0.573 e. The highest BCUT2D eigenvalue weighted by atomic mass is 19.4. The molecule has 204 valence electrons. The van der Waals surface area contributed by atoms with E-state index in [4.69, 9.17) is 0 Å². The average Bonchev–Trinajstić information content (AvgIpc) is 3.07. The van der Waals surface area contributed by atoms with Crippen molar-refractivity contribution >= 4 is 5.91 Å². The highest BCUT2D eigenvalue weighted by Crippen LogP contribution is 2.36. The molecule has 0 radical (unpaired) electrons. The van der Waals surface area contributed by atoms with Crippen LogP contribution in [0.25, 0.3) is 0 Å². The first kappa shape index (κ1) is 29.0. The number of alkyl halides is 3. The summed E-state index contributed by atoms with van der Waals surface area (Å²) in [6, 6.07) is 14.1. The molecule has 0 aromatic heterocycles. The van der Waals surface area contributed by atoms with Crippen LogP contribution in [0.1, 0.15) is 63.9 Å². The third-order valence-corrected chi connectivity index (χ3v) is 7.23. The molecule has 2 unspecified atom stereocenters. The number of benzene rings is 2. The minimum Gasteiger partial charge on any atom is -0.406 e. The van der Waals surface area contributed by atoms with Crippen LogP contribution in [-0.4, -0.2) is 66.2 Å². The van der Waals surface area contributed by atoms with Gasteiger partial charge in [-0.25, -0.2) is 0 Å². The van der Waals surface area contributed by atoms with Crippen LogP contribution in [0.2, 0.25) is 0 Å². The number of amides is 1. The molecule has 1 fully saturated rings. The van der Waals surface area contributed by atoms with E-state index >= 15 is 0 Å². The Morgan fingerprint density at radius 3 is 2.05 bits per heavy atom. The van der Waals surface area contributed by atoms with Gasteiger partial charge in [-0.3, -0.25) is 9.69 Å². The van der Waals surface area contributed by atoms with Crippen molar-refractivity contribution in [3.8, 4) is 5.75 Å². The number of carbonyl (C=O) groups excluding carboxylic acids is 1. The Balaban J connectivity index is 1.81. The van der Waals surface area contributed by atoms with Crippen LogP contribution < -0.4 is 4.74 Å². The molecule has 2 atom stereocenters. The SMILES string of the molecule is CCN(CC)CCC1C(=O)N(CCc2ccc(OC(F)(F)F)cc2)C(c2ccc(C(C)(C)C)cc2)N1C. The number of likely N-dealkylation sites (N-methyl/N-ethyl adjacent to an activating group) is 1. The molecule has 1 saturated heterocycles. The summed E-state index contributed by atoms with van der Waals surface area (Å²) < 4.78 is 41.4. The van der Waals surface area contributed by atoms with Crippen molar-refractivity contribution in [2.24, 2.45) is 0 Å².